The Labute approximate surface area is 147 Å². The number of amides is 1. The monoisotopic (exact) mass is 346 g/mol. The van der Waals surface area contributed by atoms with E-state index < -0.39 is 0 Å². The predicted molar refractivity (Wildman–Crippen MR) is 94.3 cm³/mol. The highest BCUT2D eigenvalue weighted by Gasteiger charge is 2.53. The van der Waals surface area contributed by atoms with Gasteiger partial charge in [-0.25, -0.2) is 4.98 Å². The second kappa shape index (κ2) is 5.53. The van der Waals surface area contributed by atoms with Crippen molar-refractivity contribution in [3.8, 4) is 0 Å². The summed E-state index contributed by atoms with van der Waals surface area (Å²) in [5.41, 5.74) is 1.61. The van der Waals surface area contributed by atoms with Gasteiger partial charge >= 0.3 is 0 Å². The van der Waals surface area contributed by atoms with Crippen molar-refractivity contribution >= 4 is 22.4 Å². The number of anilines is 1. The molecule has 24 heavy (non-hydrogen) atoms. The second-order valence-corrected chi connectivity index (χ2v) is 9.82. The van der Waals surface area contributed by atoms with Gasteiger partial charge in [-0.05, 0) is 76.0 Å². The molecular weight excluding hydrogens is 320 g/mol. The molecule has 4 bridgehead atoms. The van der Waals surface area contributed by atoms with Crippen LogP contribution in [0.4, 0.5) is 5.13 Å². The van der Waals surface area contributed by atoms with Crippen LogP contribution in [-0.4, -0.2) is 23.6 Å². The lowest BCUT2D eigenvalue weighted by molar-refractivity contribution is -0.124. The Hall–Kier alpha value is -0.940. The van der Waals surface area contributed by atoms with E-state index in [1.54, 1.807) is 11.3 Å². The average molecular weight is 346 g/mol. The molecule has 1 aromatic heterocycles. The van der Waals surface area contributed by atoms with E-state index in [1.165, 1.54) is 49.1 Å². The van der Waals surface area contributed by atoms with E-state index in [0.717, 1.165) is 35.7 Å². The number of aromatic nitrogens is 1. The van der Waals surface area contributed by atoms with Crippen LogP contribution in [0.3, 0.4) is 0 Å². The molecule has 4 nitrogen and oxygen atoms in total. The van der Waals surface area contributed by atoms with E-state index in [-0.39, 0.29) is 12.0 Å². The molecule has 1 atom stereocenters. The molecule has 5 fully saturated rings. The third-order valence-corrected chi connectivity index (χ3v) is 7.68. The van der Waals surface area contributed by atoms with Crippen LogP contribution < -0.4 is 5.32 Å². The quantitative estimate of drug-likeness (QED) is 0.899. The molecule has 1 N–H and O–H groups in total. The minimum Gasteiger partial charge on any atom is -0.368 e. The first kappa shape index (κ1) is 15.3. The summed E-state index contributed by atoms with van der Waals surface area (Å²) < 4.78 is 5.49. The van der Waals surface area contributed by atoms with Crippen LogP contribution in [0.25, 0.3) is 0 Å². The maximum Gasteiger partial charge on any atom is 0.255 e. The molecule has 4 aliphatic carbocycles. The number of rotatable bonds is 3. The van der Waals surface area contributed by atoms with Gasteiger partial charge in [-0.3, -0.25) is 10.1 Å². The molecule has 0 spiro atoms. The summed E-state index contributed by atoms with van der Waals surface area (Å²) in [6, 6.07) is 0. The summed E-state index contributed by atoms with van der Waals surface area (Å²) in [5.74, 6) is 2.74. The Bertz CT molecular complexity index is 627. The Morgan fingerprint density at radius 1 is 1.21 bits per heavy atom. The number of thiazole rings is 1. The molecular formula is C19H26N2O2S. The largest absolute Gasteiger partial charge is 0.368 e. The van der Waals surface area contributed by atoms with Gasteiger partial charge < -0.3 is 4.74 Å². The number of carbonyl (C=O) groups excluding carboxylic acids is 1. The topological polar surface area (TPSA) is 51.2 Å². The van der Waals surface area contributed by atoms with Crippen molar-refractivity contribution in [2.24, 2.45) is 17.8 Å². The number of carbonyl (C=O) groups is 1. The number of aryl methyl sites for hydroxylation is 1. The molecule has 130 valence electrons. The fraction of sp³-hybridized carbons (Fsp3) is 0.789. The van der Waals surface area contributed by atoms with Crippen molar-refractivity contribution in [3.63, 3.8) is 0 Å². The van der Waals surface area contributed by atoms with Gasteiger partial charge in [0.2, 0.25) is 0 Å². The lowest BCUT2D eigenvalue weighted by Crippen LogP contribution is -2.49. The van der Waals surface area contributed by atoms with E-state index in [4.69, 9.17) is 9.72 Å². The van der Waals surface area contributed by atoms with E-state index in [9.17, 15) is 4.79 Å². The molecule has 5 aliphatic rings. The number of ether oxygens (including phenoxy) is 1. The fourth-order valence-corrected chi connectivity index (χ4v) is 7.25. The van der Waals surface area contributed by atoms with Gasteiger partial charge in [0.1, 0.15) is 6.10 Å². The van der Waals surface area contributed by atoms with Crippen molar-refractivity contribution in [1.82, 2.24) is 4.98 Å². The summed E-state index contributed by atoms with van der Waals surface area (Å²) in [5, 5.41) is 3.80. The van der Waals surface area contributed by atoms with Crippen LogP contribution in [0.5, 0.6) is 0 Å². The van der Waals surface area contributed by atoms with Crippen LogP contribution in [-0.2, 0) is 14.9 Å². The molecule has 4 saturated carbocycles. The Morgan fingerprint density at radius 3 is 2.46 bits per heavy atom. The fourth-order valence-electron chi connectivity index (χ4n) is 6.31. The highest BCUT2D eigenvalue weighted by Crippen LogP contribution is 2.61. The zero-order chi connectivity index (χ0) is 16.3. The maximum absolute atomic E-state index is 12.3. The van der Waals surface area contributed by atoms with E-state index in [0.29, 0.717) is 12.0 Å². The summed E-state index contributed by atoms with van der Waals surface area (Å²) in [7, 11) is 0. The lowest BCUT2D eigenvalue weighted by atomic mass is 9.48. The van der Waals surface area contributed by atoms with Gasteiger partial charge in [0, 0.05) is 16.9 Å². The minimum absolute atomic E-state index is 0.0155. The molecule has 0 radical (unpaired) electrons. The third-order valence-electron chi connectivity index (χ3n) is 6.79. The zero-order valence-electron chi connectivity index (χ0n) is 14.3. The third kappa shape index (κ3) is 2.43. The molecule has 2 heterocycles. The first-order chi connectivity index (χ1) is 11.6. The molecule has 1 aromatic rings. The Kier molecular flexibility index (Phi) is 3.53. The van der Waals surface area contributed by atoms with Crippen molar-refractivity contribution in [1.29, 1.82) is 0 Å². The SMILES string of the molecule is Cc1sc(NC(=O)[C@H]2CCCO2)nc1C12CC3CC(CC(C3)C1)C2. The second-order valence-electron chi connectivity index (χ2n) is 8.61. The minimum atomic E-state index is -0.280. The van der Waals surface area contributed by atoms with Crippen molar-refractivity contribution in [2.45, 2.75) is 69.8 Å². The molecule has 0 aromatic carbocycles. The Morgan fingerprint density at radius 2 is 1.88 bits per heavy atom. The van der Waals surface area contributed by atoms with Crippen molar-refractivity contribution < 1.29 is 9.53 Å². The van der Waals surface area contributed by atoms with Gasteiger partial charge in [-0.1, -0.05) is 0 Å². The van der Waals surface area contributed by atoms with E-state index in [1.807, 2.05) is 0 Å². The first-order valence-corrected chi connectivity index (χ1v) is 10.3. The number of hydrogen-bond donors (Lipinski definition) is 1. The van der Waals surface area contributed by atoms with Crippen LogP contribution in [0.15, 0.2) is 0 Å². The summed E-state index contributed by atoms with van der Waals surface area (Å²) in [4.78, 5) is 18.6. The zero-order valence-corrected chi connectivity index (χ0v) is 15.2. The standard InChI is InChI=1S/C19H26N2O2S/c1-11-16(19-8-12-5-13(9-19)7-14(6-12)10-19)20-18(24-11)21-17(22)15-3-2-4-23-15/h12-15H,2-10H2,1H3,(H,20,21,22)/t12?,13?,14?,15-,19?/m1/s1. The predicted octanol–water partition coefficient (Wildman–Crippen LogP) is 4.04. The maximum atomic E-state index is 12.3. The lowest BCUT2D eigenvalue weighted by Gasteiger charge is -2.56. The van der Waals surface area contributed by atoms with Crippen LogP contribution >= 0.6 is 11.3 Å². The molecule has 1 saturated heterocycles. The van der Waals surface area contributed by atoms with Gasteiger partial charge in [-0.2, -0.15) is 0 Å². The van der Waals surface area contributed by atoms with Crippen LogP contribution in [0.1, 0.15) is 61.9 Å². The number of nitrogens with one attached hydrogen (secondary N) is 1. The summed E-state index contributed by atoms with van der Waals surface area (Å²) in [6.45, 7) is 2.89. The van der Waals surface area contributed by atoms with Crippen LogP contribution in [0.2, 0.25) is 0 Å². The summed E-state index contributed by atoms with van der Waals surface area (Å²) in [6.07, 6.45) is 9.85. The smallest absolute Gasteiger partial charge is 0.255 e. The number of nitrogens with zero attached hydrogens (tertiary/aromatic N) is 1. The van der Waals surface area contributed by atoms with Gasteiger partial charge in [0.05, 0.1) is 5.69 Å². The number of hydrogen-bond acceptors (Lipinski definition) is 4. The van der Waals surface area contributed by atoms with Crippen molar-refractivity contribution in [3.05, 3.63) is 10.6 Å². The van der Waals surface area contributed by atoms with E-state index >= 15 is 0 Å². The normalized spacial score (nSPS) is 40.2. The summed E-state index contributed by atoms with van der Waals surface area (Å²) >= 11 is 1.65. The molecule has 1 aliphatic heterocycles. The van der Waals surface area contributed by atoms with Gasteiger partial charge in [0.15, 0.2) is 5.13 Å². The highest BCUT2D eigenvalue weighted by atomic mass is 32.1. The van der Waals surface area contributed by atoms with Gasteiger partial charge in [-0.15, -0.1) is 11.3 Å². The highest BCUT2D eigenvalue weighted by molar-refractivity contribution is 7.15. The Balaban J connectivity index is 1.39. The van der Waals surface area contributed by atoms with Crippen molar-refractivity contribution in [2.75, 3.05) is 11.9 Å². The average Bonchev–Trinajstić information content (AvgIpc) is 3.15. The van der Waals surface area contributed by atoms with Gasteiger partial charge in [0.25, 0.3) is 5.91 Å². The van der Waals surface area contributed by atoms with Crippen LogP contribution in [0, 0.1) is 24.7 Å². The molecule has 5 heteroatoms. The molecule has 0 unspecified atom stereocenters. The molecule has 6 rings (SSSR count). The molecule has 1 amide bonds. The first-order valence-electron chi connectivity index (χ1n) is 9.52. The van der Waals surface area contributed by atoms with E-state index in [2.05, 4.69) is 12.2 Å².